The van der Waals surface area contributed by atoms with Crippen LogP contribution in [-0.2, 0) is 9.59 Å². The number of carbonyl (C=O) groups is 2. The molecule has 0 saturated carbocycles. The fourth-order valence-electron chi connectivity index (χ4n) is 0.572. The normalized spacial score (nSPS) is 11.2. The smallest absolute Gasteiger partial charge is 0.307 e. The van der Waals surface area contributed by atoms with Crippen LogP contribution in [0.25, 0.3) is 0 Å². The number of hydrogen-bond donors (Lipinski definition) is 2. The molecule has 62 valence electrons. The summed E-state index contributed by atoms with van der Waals surface area (Å²) < 4.78 is 0. The SMILES string of the molecule is C/C(=C/CC(=O)O)CC(=O)O. The fourth-order valence-corrected chi connectivity index (χ4v) is 0.572. The highest BCUT2D eigenvalue weighted by atomic mass is 16.4. The van der Waals surface area contributed by atoms with Gasteiger partial charge in [-0.15, -0.1) is 0 Å². The molecule has 0 amide bonds. The van der Waals surface area contributed by atoms with Crippen LogP contribution < -0.4 is 0 Å². The third-order valence-corrected chi connectivity index (χ3v) is 1.06. The van der Waals surface area contributed by atoms with Crippen LogP contribution in [0.1, 0.15) is 19.8 Å². The van der Waals surface area contributed by atoms with Crippen molar-refractivity contribution in [2.45, 2.75) is 19.8 Å². The van der Waals surface area contributed by atoms with E-state index in [1.54, 1.807) is 6.92 Å². The molecule has 4 nitrogen and oxygen atoms in total. The van der Waals surface area contributed by atoms with Crippen molar-refractivity contribution in [3.05, 3.63) is 11.6 Å². The Balaban J connectivity index is 3.81. The molecular formula is C7H10O4. The zero-order valence-corrected chi connectivity index (χ0v) is 6.20. The Labute approximate surface area is 64.2 Å². The summed E-state index contributed by atoms with van der Waals surface area (Å²) in [5, 5.41) is 16.5. The standard InChI is InChI=1S/C7H10O4/c1-5(4-7(10)11)2-3-6(8)9/h2H,3-4H2,1H3,(H,8,9)(H,10,11)/b5-2-. The van der Waals surface area contributed by atoms with Crippen LogP contribution in [0.15, 0.2) is 11.6 Å². The lowest BCUT2D eigenvalue weighted by Crippen LogP contribution is -1.96. The van der Waals surface area contributed by atoms with Crippen molar-refractivity contribution in [2.24, 2.45) is 0 Å². The largest absolute Gasteiger partial charge is 0.481 e. The zero-order chi connectivity index (χ0) is 8.85. The summed E-state index contributed by atoms with van der Waals surface area (Å²) in [6.45, 7) is 1.59. The van der Waals surface area contributed by atoms with E-state index in [1.807, 2.05) is 0 Å². The summed E-state index contributed by atoms with van der Waals surface area (Å²) in [6.07, 6.45) is 1.20. The highest BCUT2D eigenvalue weighted by Gasteiger charge is 1.98. The predicted molar refractivity (Wildman–Crippen MR) is 38.3 cm³/mol. The fraction of sp³-hybridized carbons (Fsp3) is 0.429. The van der Waals surface area contributed by atoms with Gasteiger partial charge >= 0.3 is 11.9 Å². The van der Waals surface area contributed by atoms with E-state index < -0.39 is 11.9 Å². The van der Waals surface area contributed by atoms with Gasteiger partial charge in [0.1, 0.15) is 0 Å². The highest BCUT2D eigenvalue weighted by Crippen LogP contribution is 2.00. The van der Waals surface area contributed by atoms with Gasteiger partial charge in [0.05, 0.1) is 12.8 Å². The van der Waals surface area contributed by atoms with Gasteiger partial charge in [-0.25, -0.2) is 0 Å². The Kier molecular flexibility index (Phi) is 3.95. The van der Waals surface area contributed by atoms with E-state index in [9.17, 15) is 9.59 Å². The van der Waals surface area contributed by atoms with Crippen LogP contribution >= 0.6 is 0 Å². The first-order valence-corrected chi connectivity index (χ1v) is 3.11. The van der Waals surface area contributed by atoms with Gasteiger partial charge in [0.15, 0.2) is 0 Å². The van der Waals surface area contributed by atoms with Crippen LogP contribution in [0.5, 0.6) is 0 Å². The van der Waals surface area contributed by atoms with Crippen LogP contribution in [0, 0.1) is 0 Å². The highest BCUT2D eigenvalue weighted by molar-refractivity contribution is 5.71. The molecule has 0 rings (SSSR count). The van der Waals surface area contributed by atoms with Gasteiger partial charge in [-0.1, -0.05) is 11.6 Å². The molecule has 0 aromatic heterocycles. The molecule has 0 aromatic carbocycles. The minimum atomic E-state index is -0.949. The van der Waals surface area contributed by atoms with E-state index in [2.05, 4.69) is 0 Å². The third kappa shape index (κ3) is 6.57. The Morgan fingerprint density at radius 3 is 2.18 bits per heavy atom. The minimum Gasteiger partial charge on any atom is -0.481 e. The van der Waals surface area contributed by atoms with Crippen LogP contribution in [0.3, 0.4) is 0 Å². The summed E-state index contributed by atoms with van der Waals surface area (Å²) in [4.78, 5) is 20.1. The molecule has 0 aliphatic rings. The van der Waals surface area contributed by atoms with E-state index in [1.165, 1.54) is 6.08 Å². The molecule has 0 bridgehead atoms. The monoisotopic (exact) mass is 158 g/mol. The molecule has 0 radical (unpaired) electrons. The molecule has 0 aromatic rings. The average molecular weight is 158 g/mol. The topological polar surface area (TPSA) is 74.6 Å². The molecule has 2 N–H and O–H groups in total. The maximum atomic E-state index is 10.1. The first-order valence-electron chi connectivity index (χ1n) is 3.11. The number of aliphatic carboxylic acids is 2. The Morgan fingerprint density at radius 1 is 1.27 bits per heavy atom. The average Bonchev–Trinajstić information content (AvgIpc) is 1.82. The van der Waals surface area contributed by atoms with Crippen LogP contribution in [0.2, 0.25) is 0 Å². The predicted octanol–water partition coefficient (Wildman–Crippen LogP) is 0.882. The number of rotatable bonds is 4. The van der Waals surface area contributed by atoms with E-state index in [0.29, 0.717) is 5.57 Å². The minimum absolute atomic E-state index is 0.0900. The third-order valence-electron chi connectivity index (χ3n) is 1.06. The van der Waals surface area contributed by atoms with Crippen molar-refractivity contribution in [3.8, 4) is 0 Å². The van der Waals surface area contributed by atoms with Crippen molar-refractivity contribution >= 4 is 11.9 Å². The molecule has 0 heterocycles. The molecule has 0 aliphatic carbocycles. The molecule has 0 unspecified atom stereocenters. The van der Waals surface area contributed by atoms with Gasteiger partial charge in [0, 0.05) is 0 Å². The first-order chi connectivity index (χ1) is 5.02. The Bertz CT molecular complexity index is 193. The second kappa shape index (κ2) is 4.49. The summed E-state index contributed by atoms with van der Waals surface area (Å²) in [5.74, 6) is -1.89. The molecule has 11 heavy (non-hydrogen) atoms. The van der Waals surface area contributed by atoms with Crippen molar-refractivity contribution in [3.63, 3.8) is 0 Å². The van der Waals surface area contributed by atoms with Gasteiger partial charge < -0.3 is 10.2 Å². The van der Waals surface area contributed by atoms with Crippen LogP contribution in [0.4, 0.5) is 0 Å². The van der Waals surface area contributed by atoms with Crippen molar-refractivity contribution < 1.29 is 19.8 Å². The molecule has 4 heteroatoms. The second-order valence-corrected chi connectivity index (χ2v) is 2.22. The molecule has 0 fully saturated rings. The van der Waals surface area contributed by atoms with E-state index in [-0.39, 0.29) is 12.8 Å². The van der Waals surface area contributed by atoms with E-state index in [4.69, 9.17) is 10.2 Å². The number of carboxylic acids is 2. The number of hydrogen-bond acceptors (Lipinski definition) is 2. The van der Waals surface area contributed by atoms with Crippen molar-refractivity contribution in [1.82, 2.24) is 0 Å². The molecular weight excluding hydrogens is 148 g/mol. The zero-order valence-electron chi connectivity index (χ0n) is 6.20. The lowest BCUT2D eigenvalue weighted by Gasteiger charge is -1.93. The first kappa shape index (κ1) is 9.68. The van der Waals surface area contributed by atoms with Gasteiger partial charge in [-0.05, 0) is 6.92 Å². The summed E-state index contributed by atoms with van der Waals surface area (Å²) in [7, 11) is 0. The van der Waals surface area contributed by atoms with E-state index >= 15 is 0 Å². The van der Waals surface area contributed by atoms with Crippen molar-refractivity contribution in [1.29, 1.82) is 0 Å². The van der Waals surface area contributed by atoms with Gasteiger partial charge in [0.2, 0.25) is 0 Å². The molecule has 0 saturated heterocycles. The Hall–Kier alpha value is -1.32. The molecule has 0 aliphatic heterocycles. The molecule has 0 atom stereocenters. The summed E-state index contributed by atoms with van der Waals surface area (Å²) in [6, 6.07) is 0. The lowest BCUT2D eigenvalue weighted by molar-refractivity contribution is -0.137. The van der Waals surface area contributed by atoms with Gasteiger partial charge in [-0.2, -0.15) is 0 Å². The summed E-state index contributed by atoms with van der Waals surface area (Å²) >= 11 is 0. The van der Waals surface area contributed by atoms with Gasteiger partial charge in [0.25, 0.3) is 0 Å². The van der Waals surface area contributed by atoms with Gasteiger partial charge in [-0.3, -0.25) is 9.59 Å². The van der Waals surface area contributed by atoms with Crippen LogP contribution in [-0.4, -0.2) is 22.2 Å². The number of carboxylic acid groups (broad SMARTS) is 2. The molecule has 0 spiro atoms. The van der Waals surface area contributed by atoms with Crippen molar-refractivity contribution in [2.75, 3.05) is 0 Å². The maximum Gasteiger partial charge on any atom is 0.307 e. The maximum absolute atomic E-state index is 10.1. The second-order valence-electron chi connectivity index (χ2n) is 2.22. The van der Waals surface area contributed by atoms with E-state index in [0.717, 1.165) is 0 Å². The quantitative estimate of drug-likeness (QED) is 0.595. The lowest BCUT2D eigenvalue weighted by atomic mass is 10.2. The Morgan fingerprint density at radius 2 is 1.82 bits per heavy atom. The summed E-state index contributed by atoms with van der Waals surface area (Å²) in [5.41, 5.74) is 0.569.